The lowest BCUT2D eigenvalue weighted by atomic mass is 10.0. The Labute approximate surface area is 175 Å². The Morgan fingerprint density at radius 2 is 1.48 bits per heavy atom. The van der Waals surface area contributed by atoms with Crippen LogP contribution >= 0.6 is 0 Å². The van der Waals surface area contributed by atoms with Crippen molar-refractivity contribution < 1.29 is 14.3 Å². The predicted molar refractivity (Wildman–Crippen MR) is 119 cm³/mol. The first kappa shape index (κ1) is 22.8. The van der Waals surface area contributed by atoms with Crippen LogP contribution < -0.4 is 0 Å². The third-order valence-corrected chi connectivity index (χ3v) is 4.24. The van der Waals surface area contributed by atoms with Gasteiger partial charge in [0.1, 0.15) is 5.60 Å². The van der Waals surface area contributed by atoms with Gasteiger partial charge < -0.3 is 9.47 Å². The van der Waals surface area contributed by atoms with Crippen LogP contribution in [0.15, 0.2) is 65.7 Å². The Kier molecular flexibility index (Phi) is 9.07. The molecule has 0 aromatic heterocycles. The minimum absolute atomic E-state index is 0.319. The fourth-order valence-corrected chi connectivity index (χ4v) is 2.81. The molecule has 0 radical (unpaired) electrons. The summed E-state index contributed by atoms with van der Waals surface area (Å²) in [6.07, 6.45) is 2.58. The molecule has 0 spiro atoms. The van der Waals surface area contributed by atoms with Crippen molar-refractivity contribution in [3.8, 4) is 0 Å². The van der Waals surface area contributed by atoms with E-state index in [-0.39, 0.29) is 5.97 Å². The van der Waals surface area contributed by atoms with E-state index in [0.29, 0.717) is 19.6 Å². The van der Waals surface area contributed by atoms with E-state index in [9.17, 15) is 4.79 Å². The second-order valence-electron chi connectivity index (χ2n) is 8.01. The van der Waals surface area contributed by atoms with E-state index in [1.165, 1.54) is 0 Å². The first-order valence-electron chi connectivity index (χ1n) is 10.4. The van der Waals surface area contributed by atoms with Gasteiger partial charge in [-0.05, 0) is 27.2 Å². The first-order valence-corrected chi connectivity index (χ1v) is 10.4. The molecule has 29 heavy (non-hydrogen) atoms. The van der Waals surface area contributed by atoms with E-state index >= 15 is 0 Å². The molecule has 2 aromatic carbocycles. The molecular weight excluding hydrogens is 362 g/mol. The van der Waals surface area contributed by atoms with Crippen molar-refractivity contribution in [1.29, 1.82) is 0 Å². The molecule has 0 saturated heterocycles. The van der Waals surface area contributed by atoms with Crippen LogP contribution in [0.2, 0.25) is 0 Å². The fraction of sp³-hybridized carbons (Fsp3) is 0.440. The van der Waals surface area contributed by atoms with Gasteiger partial charge in [-0.1, -0.05) is 74.0 Å². The highest BCUT2D eigenvalue weighted by atomic mass is 16.6. The van der Waals surface area contributed by atoms with E-state index in [4.69, 9.17) is 14.5 Å². The number of nitrogens with zero attached hydrogens (tertiary/aromatic N) is 1. The van der Waals surface area contributed by atoms with Crippen molar-refractivity contribution in [2.24, 2.45) is 4.99 Å². The van der Waals surface area contributed by atoms with Gasteiger partial charge in [0.15, 0.2) is 6.04 Å². The van der Waals surface area contributed by atoms with E-state index in [0.717, 1.165) is 29.7 Å². The van der Waals surface area contributed by atoms with Crippen LogP contribution in [0.4, 0.5) is 0 Å². The summed E-state index contributed by atoms with van der Waals surface area (Å²) in [5, 5.41) is 0. The molecular formula is C25H33NO3. The number of carbonyl (C=O) groups excluding carboxylic acids is 1. The molecule has 0 amide bonds. The maximum absolute atomic E-state index is 12.9. The summed E-state index contributed by atoms with van der Waals surface area (Å²) in [4.78, 5) is 17.8. The average molecular weight is 396 g/mol. The van der Waals surface area contributed by atoms with E-state index in [1.54, 1.807) is 0 Å². The molecule has 0 aliphatic rings. The molecule has 0 fully saturated rings. The summed E-state index contributed by atoms with van der Waals surface area (Å²) < 4.78 is 11.3. The molecule has 0 heterocycles. The smallest absolute Gasteiger partial charge is 0.331 e. The second-order valence-corrected chi connectivity index (χ2v) is 8.01. The lowest BCUT2D eigenvalue weighted by Gasteiger charge is -2.23. The van der Waals surface area contributed by atoms with Crippen molar-refractivity contribution in [2.45, 2.75) is 58.6 Å². The van der Waals surface area contributed by atoms with Gasteiger partial charge in [0.2, 0.25) is 0 Å². The molecule has 0 saturated carbocycles. The first-order chi connectivity index (χ1) is 13.9. The van der Waals surface area contributed by atoms with Crippen molar-refractivity contribution in [3.63, 3.8) is 0 Å². The Bertz CT molecular complexity index is 722. The quantitative estimate of drug-likeness (QED) is 0.306. The van der Waals surface area contributed by atoms with Gasteiger partial charge in [0.05, 0.1) is 5.71 Å². The summed E-state index contributed by atoms with van der Waals surface area (Å²) in [6.45, 7) is 8.93. The number of ether oxygens (including phenoxy) is 2. The Morgan fingerprint density at radius 3 is 1.97 bits per heavy atom. The summed E-state index contributed by atoms with van der Waals surface area (Å²) in [5.41, 5.74) is 2.17. The number of hydrogen-bond acceptors (Lipinski definition) is 4. The maximum atomic E-state index is 12.9. The molecule has 2 rings (SSSR count). The van der Waals surface area contributed by atoms with Gasteiger partial charge in [-0.3, -0.25) is 4.99 Å². The molecule has 4 nitrogen and oxygen atoms in total. The van der Waals surface area contributed by atoms with Crippen LogP contribution in [0.3, 0.4) is 0 Å². The van der Waals surface area contributed by atoms with Gasteiger partial charge >= 0.3 is 5.97 Å². The van der Waals surface area contributed by atoms with Gasteiger partial charge in [0.25, 0.3) is 0 Å². The number of aliphatic imine (C=N–C) groups is 1. The zero-order chi connectivity index (χ0) is 21.1. The summed E-state index contributed by atoms with van der Waals surface area (Å²) in [5.74, 6) is -0.319. The van der Waals surface area contributed by atoms with Crippen molar-refractivity contribution in [3.05, 3.63) is 71.8 Å². The summed E-state index contributed by atoms with van der Waals surface area (Å²) in [7, 11) is 0. The van der Waals surface area contributed by atoms with E-state index < -0.39 is 11.6 Å². The lowest BCUT2D eigenvalue weighted by molar-refractivity contribution is -0.156. The van der Waals surface area contributed by atoms with Gasteiger partial charge in [0, 0.05) is 30.8 Å². The third-order valence-electron chi connectivity index (χ3n) is 4.24. The third kappa shape index (κ3) is 8.20. The second kappa shape index (κ2) is 11.5. The number of benzene rings is 2. The molecule has 0 N–H and O–H groups in total. The maximum Gasteiger partial charge on any atom is 0.331 e. The number of unbranched alkanes of at least 4 members (excludes halogenated alkanes) is 1. The Hall–Kier alpha value is -2.46. The molecule has 0 bridgehead atoms. The van der Waals surface area contributed by atoms with Crippen molar-refractivity contribution >= 4 is 11.7 Å². The highest BCUT2D eigenvalue weighted by molar-refractivity contribution is 6.13. The average Bonchev–Trinajstić information content (AvgIpc) is 2.70. The molecule has 0 aliphatic heterocycles. The summed E-state index contributed by atoms with van der Waals surface area (Å²) >= 11 is 0. The number of hydrogen-bond donors (Lipinski definition) is 0. The number of rotatable bonds is 10. The summed E-state index contributed by atoms with van der Waals surface area (Å²) in [6, 6.07) is 19.3. The number of carbonyl (C=O) groups is 1. The molecule has 1 unspecified atom stereocenters. The molecule has 156 valence electrons. The molecule has 2 aromatic rings. The zero-order valence-corrected chi connectivity index (χ0v) is 18.1. The lowest BCUT2D eigenvalue weighted by Crippen LogP contribution is -2.32. The Morgan fingerprint density at radius 1 is 0.931 bits per heavy atom. The van der Waals surface area contributed by atoms with Crippen LogP contribution in [-0.2, 0) is 14.3 Å². The largest absolute Gasteiger partial charge is 0.458 e. The highest BCUT2D eigenvalue weighted by Crippen LogP contribution is 2.17. The molecule has 1 atom stereocenters. The van der Waals surface area contributed by atoms with Crippen LogP contribution in [0, 0.1) is 0 Å². The normalized spacial score (nSPS) is 12.3. The minimum Gasteiger partial charge on any atom is -0.458 e. The zero-order valence-electron chi connectivity index (χ0n) is 18.1. The van der Waals surface area contributed by atoms with Gasteiger partial charge in [-0.25, -0.2) is 4.79 Å². The minimum atomic E-state index is -0.619. The van der Waals surface area contributed by atoms with Crippen LogP contribution in [0.1, 0.15) is 58.1 Å². The van der Waals surface area contributed by atoms with Crippen molar-refractivity contribution in [2.75, 3.05) is 13.2 Å². The van der Waals surface area contributed by atoms with Crippen LogP contribution in [0.25, 0.3) is 0 Å². The predicted octanol–water partition coefficient (Wildman–Crippen LogP) is 5.44. The highest BCUT2D eigenvalue weighted by Gasteiger charge is 2.25. The van der Waals surface area contributed by atoms with Gasteiger partial charge in [-0.2, -0.15) is 0 Å². The molecule has 0 aliphatic carbocycles. The van der Waals surface area contributed by atoms with E-state index in [2.05, 4.69) is 6.92 Å². The topological polar surface area (TPSA) is 47.9 Å². The SMILES string of the molecule is CCCCOCCC(N=C(c1ccccc1)c1ccccc1)C(=O)OC(C)(C)C. The van der Waals surface area contributed by atoms with Crippen molar-refractivity contribution in [1.82, 2.24) is 0 Å². The monoisotopic (exact) mass is 395 g/mol. The van der Waals surface area contributed by atoms with Crippen LogP contribution in [-0.4, -0.2) is 36.5 Å². The van der Waals surface area contributed by atoms with E-state index in [1.807, 2.05) is 81.4 Å². The fourth-order valence-electron chi connectivity index (χ4n) is 2.81. The standard InChI is InChI=1S/C25H33NO3/c1-5-6-18-28-19-17-22(24(27)29-25(2,3)4)26-23(20-13-9-7-10-14-20)21-15-11-8-12-16-21/h7-16,22H,5-6,17-19H2,1-4H3. The van der Waals surface area contributed by atoms with Crippen LogP contribution in [0.5, 0.6) is 0 Å². The number of esters is 1. The van der Waals surface area contributed by atoms with Gasteiger partial charge in [-0.15, -0.1) is 0 Å². The molecule has 4 heteroatoms. The Balaban J connectivity index is 2.33.